The number of hydrogen-bond donors (Lipinski definition) is 2. The molecule has 1 rings (SSSR count). The minimum absolute atomic E-state index is 0.00192. The summed E-state index contributed by atoms with van der Waals surface area (Å²) in [5, 5.41) is 21.2. The maximum absolute atomic E-state index is 11.8. The number of aliphatic carboxylic acids is 1. The van der Waals surface area contributed by atoms with Crippen LogP contribution in [0.4, 0.5) is 0 Å². The predicted molar refractivity (Wildman–Crippen MR) is 106 cm³/mol. The molecule has 0 saturated carbocycles. The fraction of sp³-hybridized carbons (Fsp3) is 0.474. The quantitative estimate of drug-likeness (QED) is 0.217. The third-order valence-corrected chi connectivity index (χ3v) is 4.29. The lowest BCUT2D eigenvalue weighted by Crippen LogP contribution is -2.32. The van der Waals surface area contributed by atoms with Crippen molar-refractivity contribution in [3.05, 3.63) is 45.5 Å². The highest BCUT2D eigenvalue weighted by Gasteiger charge is 2.25. The van der Waals surface area contributed by atoms with Gasteiger partial charge in [0, 0.05) is 24.7 Å². The largest absolute Gasteiger partial charge is 0.496 e. The fourth-order valence-electron chi connectivity index (χ4n) is 2.69. The van der Waals surface area contributed by atoms with Gasteiger partial charge in [-0.3, -0.25) is 9.59 Å². The van der Waals surface area contributed by atoms with Gasteiger partial charge in [-0.25, -0.2) is 0 Å². The summed E-state index contributed by atoms with van der Waals surface area (Å²) in [5.74, 6) is -1.70. The van der Waals surface area contributed by atoms with Gasteiger partial charge in [0.05, 0.1) is 13.0 Å². The Balaban J connectivity index is 2.87. The number of nitrogens with zero attached hydrogens (tertiary/aromatic N) is 2. The van der Waals surface area contributed by atoms with E-state index in [0.717, 1.165) is 13.1 Å². The molecule has 0 aromatic heterocycles. The van der Waals surface area contributed by atoms with Crippen molar-refractivity contribution >= 4 is 18.0 Å². The molecule has 0 bridgehead atoms. The first-order valence-corrected chi connectivity index (χ1v) is 9.18. The van der Waals surface area contributed by atoms with E-state index in [9.17, 15) is 24.8 Å². The number of carboxylic acids is 1. The van der Waals surface area contributed by atoms with Crippen LogP contribution in [0.25, 0.3) is 6.08 Å². The summed E-state index contributed by atoms with van der Waals surface area (Å²) in [7, 11) is 1.46. The molecule has 1 atom stereocenters. The average molecular weight is 409 g/mol. The highest BCUT2D eigenvalue weighted by Crippen LogP contribution is 2.29. The number of carbonyl (C=O) groups is 2. The second kappa shape index (κ2) is 12.3. The summed E-state index contributed by atoms with van der Waals surface area (Å²) in [6, 6.07) is 5.05. The van der Waals surface area contributed by atoms with Crippen molar-refractivity contribution in [3.8, 4) is 5.75 Å². The molecular formula is C19H27N3O7. The van der Waals surface area contributed by atoms with E-state index in [1.54, 1.807) is 18.2 Å². The Bertz CT molecular complexity index is 733. The molecule has 0 aliphatic heterocycles. The van der Waals surface area contributed by atoms with E-state index < -0.39 is 22.9 Å². The lowest BCUT2D eigenvalue weighted by molar-refractivity contribution is -0.757. The number of carboxylic acid groups (broad SMARTS) is 1. The molecule has 0 fully saturated rings. The Morgan fingerprint density at radius 3 is 2.59 bits per heavy atom. The van der Waals surface area contributed by atoms with Crippen molar-refractivity contribution < 1.29 is 29.4 Å². The average Bonchev–Trinajstić information content (AvgIpc) is 2.70. The van der Waals surface area contributed by atoms with Gasteiger partial charge >= 0.3 is 5.97 Å². The van der Waals surface area contributed by atoms with Crippen LogP contribution in [0.15, 0.2) is 24.3 Å². The first kappa shape index (κ1) is 23.9. The topological polar surface area (TPSA) is 131 Å². The van der Waals surface area contributed by atoms with Crippen LogP contribution in [0.2, 0.25) is 0 Å². The van der Waals surface area contributed by atoms with Crippen molar-refractivity contribution in [2.75, 3.05) is 39.9 Å². The number of carbonyl (C=O) groups excluding carboxylic acids is 1. The van der Waals surface area contributed by atoms with Crippen LogP contribution in [0.5, 0.6) is 5.75 Å². The zero-order chi connectivity index (χ0) is 21.8. The highest BCUT2D eigenvalue weighted by molar-refractivity contribution is 5.91. The van der Waals surface area contributed by atoms with E-state index >= 15 is 0 Å². The second-order valence-corrected chi connectivity index (χ2v) is 6.06. The molecule has 0 heterocycles. The number of methoxy groups -OCH3 is 1. The monoisotopic (exact) mass is 409 g/mol. The molecule has 2 N–H and O–H groups in total. The van der Waals surface area contributed by atoms with E-state index in [2.05, 4.69) is 10.2 Å². The molecule has 1 unspecified atom stereocenters. The molecule has 10 heteroatoms. The number of ether oxygens (including phenoxy) is 1. The van der Waals surface area contributed by atoms with Gasteiger partial charge in [-0.05, 0) is 30.8 Å². The SMILES string of the molecule is CCN(CC)CC(C(=O)O)c1ccc(C=CC(=O)NCCO[N+](=O)[O-])cc1OC. The van der Waals surface area contributed by atoms with E-state index in [1.807, 2.05) is 18.7 Å². The van der Waals surface area contributed by atoms with Crippen LogP contribution in [-0.4, -0.2) is 66.9 Å². The standard InChI is InChI=1S/C19H27N3O7/c1-4-21(5-2)13-16(19(24)25)15-8-6-14(12-17(15)28-3)7-9-18(23)20-10-11-29-22(26)27/h6-9,12,16H,4-5,10-11,13H2,1-3H3,(H,20,23)(H,24,25). The third kappa shape index (κ3) is 8.18. The van der Waals surface area contributed by atoms with Gasteiger partial charge in [0.15, 0.2) is 0 Å². The lowest BCUT2D eigenvalue weighted by Gasteiger charge is -2.24. The molecule has 0 spiro atoms. The fourth-order valence-corrected chi connectivity index (χ4v) is 2.69. The van der Waals surface area contributed by atoms with Gasteiger partial charge in [-0.1, -0.05) is 26.0 Å². The van der Waals surface area contributed by atoms with Crippen LogP contribution in [-0.2, 0) is 14.4 Å². The molecule has 1 aromatic rings. The van der Waals surface area contributed by atoms with Crippen molar-refractivity contribution in [3.63, 3.8) is 0 Å². The molecule has 160 valence electrons. The van der Waals surface area contributed by atoms with Gasteiger partial charge in [-0.15, -0.1) is 10.1 Å². The molecule has 0 saturated heterocycles. The van der Waals surface area contributed by atoms with Gasteiger partial charge in [-0.2, -0.15) is 0 Å². The van der Waals surface area contributed by atoms with Crippen molar-refractivity contribution in [2.24, 2.45) is 0 Å². The molecule has 0 aliphatic rings. The Kier molecular flexibility index (Phi) is 10.2. The number of amides is 1. The van der Waals surface area contributed by atoms with E-state index in [1.165, 1.54) is 19.3 Å². The Labute approximate surface area is 169 Å². The van der Waals surface area contributed by atoms with E-state index in [-0.39, 0.29) is 13.2 Å². The summed E-state index contributed by atoms with van der Waals surface area (Å²) in [6.07, 6.45) is 2.81. The van der Waals surface area contributed by atoms with Crippen LogP contribution in [0, 0.1) is 10.1 Å². The van der Waals surface area contributed by atoms with Crippen molar-refractivity contribution in [2.45, 2.75) is 19.8 Å². The molecule has 10 nitrogen and oxygen atoms in total. The normalized spacial score (nSPS) is 12.0. The third-order valence-electron chi connectivity index (χ3n) is 4.29. The number of rotatable bonds is 13. The van der Waals surface area contributed by atoms with Crippen LogP contribution in [0.3, 0.4) is 0 Å². The van der Waals surface area contributed by atoms with E-state index in [4.69, 9.17) is 4.74 Å². The van der Waals surface area contributed by atoms with Gasteiger partial charge < -0.3 is 24.9 Å². The lowest BCUT2D eigenvalue weighted by atomic mass is 9.96. The molecule has 29 heavy (non-hydrogen) atoms. The predicted octanol–water partition coefficient (Wildman–Crippen LogP) is 1.54. The second-order valence-electron chi connectivity index (χ2n) is 6.06. The smallest absolute Gasteiger partial charge is 0.312 e. The summed E-state index contributed by atoms with van der Waals surface area (Å²) < 4.78 is 5.38. The van der Waals surface area contributed by atoms with Crippen LogP contribution in [0.1, 0.15) is 30.9 Å². The first-order chi connectivity index (χ1) is 13.8. The maximum Gasteiger partial charge on any atom is 0.312 e. The molecule has 1 aromatic carbocycles. The summed E-state index contributed by atoms with van der Waals surface area (Å²) >= 11 is 0. The first-order valence-electron chi connectivity index (χ1n) is 9.18. The van der Waals surface area contributed by atoms with Gasteiger partial charge in [0.1, 0.15) is 12.4 Å². The molecule has 1 amide bonds. The molecule has 0 radical (unpaired) electrons. The number of nitrogens with one attached hydrogen (secondary N) is 1. The molecule has 0 aliphatic carbocycles. The number of benzene rings is 1. The van der Waals surface area contributed by atoms with Crippen LogP contribution >= 0.6 is 0 Å². The minimum Gasteiger partial charge on any atom is -0.496 e. The number of hydrogen-bond acceptors (Lipinski definition) is 7. The summed E-state index contributed by atoms with van der Waals surface area (Å²) in [6.45, 7) is 5.56. The number of likely N-dealkylation sites (N-methyl/N-ethyl adjacent to an activating group) is 1. The van der Waals surface area contributed by atoms with Gasteiger partial charge in [0.25, 0.3) is 5.09 Å². The highest BCUT2D eigenvalue weighted by atomic mass is 16.9. The molecular weight excluding hydrogens is 382 g/mol. The van der Waals surface area contributed by atoms with Crippen molar-refractivity contribution in [1.29, 1.82) is 0 Å². The Hall–Kier alpha value is -3.14. The maximum atomic E-state index is 11.8. The zero-order valence-corrected chi connectivity index (χ0v) is 16.8. The minimum atomic E-state index is -0.935. The summed E-state index contributed by atoms with van der Waals surface area (Å²) in [5.41, 5.74) is 1.21. The summed E-state index contributed by atoms with van der Waals surface area (Å²) in [4.78, 5) is 39.7. The van der Waals surface area contributed by atoms with Gasteiger partial charge in [0.2, 0.25) is 5.91 Å². The Morgan fingerprint density at radius 1 is 1.34 bits per heavy atom. The van der Waals surface area contributed by atoms with E-state index in [0.29, 0.717) is 23.4 Å². The van der Waals surface area contributed by atoms with Crippen molar-refractivity contribution in [1.82, 2.24) is 10.2 Å². The zero-order valence-electron chi connectivity index (χ0n) is 16.8. The van der Waals surface area contributed by atoms with Crippen LogP contribution < -0.4 is 10.1 Å². The Morgan fingerprint density at radius 2 is 2.03 bits per heavy atom.